The number of carbonyl (C=O) groups excluding carboxylic acids is 1. The third-order valence-electron chi connectivity index (χ3n) is 6.09. The van der Waals surface area contributed by atoms with Gasteiger partial charge in [-0.1, -0.05) is 11.6 Å². The van der Waals surface area contributed by atoms with Crippen molar-refractivity contribution in [3.8, 4) is 0 Å². The van der Waals surface area contributed by atoms with Gasteiger partial charge in [0.15, 0.2) is 5.96 Å². The van der Waals surface area contributed by atoms with Crippen molar-refractivity contribution in [1.29, 1.82) is 0 Å². The Morgan fingerprint density at radius 3 is 2.73 bits per heavy atom. The lowest BCUT2D eigenvalue weighted by Gasteiger charge is -2.36. The second kappa shape index (κ2) is 9.71. The molecule has 4 rings (SSSR count). The van der Waals surface area contributed by atoms with Gasteiger partial charge in [-0.25, -0.2) is 0 Å². The van der Waals surface area contributed by atoms with E-state index in [9.17, 15) is 4.79 Å². The molecule has 0 atom stereocenters. The molecule has 0 radical (unpaired) electrons. The van der Waals surface area contributed by atoms with E-state index >= 15 is 0 Å². The fourth-order valence-corrected chi connectivity index (χ4v) is 4.55. The highest BCUT2D eigenvalue weighted by atomic mass is 35.5. The Balaban J connectivity index is 1.26. The molecule has 3 heterocycles. The molecule has 162 valence electrons. The number of hydrogen-bond donors (Lipinski definition) is 2. The summed E-state index contributed by atoms with van der Waals surface area (Å²) in [5, 5.41) is 5.40. The lowest BCUT2D eigenvalue weighted by molar-refractivity contribution is -0.140. The number of piperidine rings is 1. The second-order valence-corrected chi connectivity index (χ2v) is 8.36. The van der Waals surface area contributed by atoms with Crippen molar-refractivity contribution in [2.24, 2.45) is 10.9 Å². The number of ether oxygens (including phenoxy) is 1. The molecule has 1 aromatic carbocycles. The number of nitrogens with zero attached hydrogens (tertiary/aromatic N) is 3. The van der Waals surface area contributed by atoms with Gasteiger partial charge in [0, 0.05) is 67.8 Å². The molecule has 0 bridgehead atoms. The zero-order chi connectivity index (χ0) is 20.9. The smallest absolute Gasteiger partial charge is 0.225 e. The standard InChI is InChI=1S/C22H30ClN5O2/c1-24-22(25-7-4-17-15-26-20-3-2-18(23)14-19(17)20)28-8-5-16(6-9-28)21(29)27-10-12-30-13-11-27/h2-3,14-16,26H,4-13H2,1H3,(H,24,25). The van der Waals surface area contributed by atoms with Crippen molar-refractivity contribution in [3.63, 3.8) is 0 Å². The summed E-state index contributed by atoms with van der Waals surface area (Å²) in [4.78, 5) is 24.7. The van der Waals surface area contributed by atoms with Crippen LogP contribution in [0, 0.1) is 5.92 Å². The number of carbonyl (C=O) groups is 1. The summed E-state index contributed by atoms with van der Waals surface area (Å²) in [5.41, 5.74) is 2.34. The number of aromatic amines is 1. The molecule has 0 saturated carbocycles. The maximum atomic E-state index is 12.7. The first-order valence-corrected chi connectivity index (χ1v) is 11.1. The van der Waals surface area contributed by atoms with Gasteiger partial charge in [0.05, 0.1) is 13.2 Å². The SMILES string of the molecule is CN=C(NCCc1c[nH]c2ccc(Cl)cc12)N1CCC(C(=O)N2CCOCC2)CC1. The van der Waals surface area contributed by atoms with Gasteiger partial charge in [0.25, 0.3) is 0 Å². The predicted octanol–water partition coefficient (Wildman–Crippen LogP) is 2.51. The zero-order valence-corrected chi connectivity index (χ0v) is 18.2. The molecular formula is C22H30ClN5O2. The summed E-state index contributed by atoms with van der Waals surface area (Å²) >= 11 is 6.15. The first-order chi connectivity index (χ1) is 14.7. The van der Waals surface area contributed by atoms with Crippen LogP contribution in [-0.4, -0.2) is 79.6 Å². The van der Waals surface area contributed by atoms with Crippen molar-refractivity contribution in [2.75, 3.05) is 53.0 Å². The molecule has 1 amide bonds. The van der Waals surface area contributed by atoms with Crippen LogP contribution in [0.25, 0.3) is 10.9 Å². The molecule has 30 heavy (non-hydrogen) atoms. The number of halogens is 1. The number of likely N-dealkylation sites (tertiary alicyclic amines) is 1. The Morgan fingerprint density at radius 2 is 2.00 bits per heavy atom. The third-order valence-corrected chi connectivity index (χ3v) is 6.32. The maximum absolute atomic E-state index is 12.7. The van der Waals surface area contributed by atoms with E-state index in [2.05, 4.69) is 20.2 Å². The highest BCUT2D eigenvalue weighted by Gasteiger charge is 2.30. The first-order valence-electron chi connectivity index (χ1n) is 10.7. The van der Waals surface area contributed by atoms with Crippen molar-refractivity contribution >= 4 is 34.4 Å². The number of benzene rings is 1. The van der Waals surface area contributed by atoms with Crippen LogP contribution in [0.2, 0.25) is 5.02 Å². The molecule has 1 aromatic heterocycles. The fourth-order valence-electron chi connectivity index (χ4n) is 4.38. The minimum atomic E-state index is 0.119. The lowest BCUT2D eigenvalue weighted by Crippen LogP contribution is -2.50. The van der Waals surface area contributed by atoms with Crippen LogP contribution < -0.4 is 5.32 Å². The summed E-state index contributed by atoms with van der Waals surface area (Å²) in [6.07, 6.45) is 4.68. The Morgan fingerprint density at radius 1 is 1.23 bits per heavy atom. The molecule has 0 aliphatic carbocycles. The van der Waals surface area contributed by atoms with Crippen molar-refractivity contribution in [3.05, 3.63) is 35.0 Å². The number of nitrogens with one attached hydrogen (secondary N) is 2. The maximum Gasteiger partial charge on any atom is 0.225 e. The zero-order valence-electron chi connectivity index (χ0n) is 17.5. The largest absolute Gasteiger partial charge is 0.378 e. The van der Waals surface area contributed by atoms with Gasteiger partial charge in [-0.3, -0.25) is 9.79 Å². The van der Waals surface area contributed by atoms with E-state index in [0.717, 1.165) is 68.5 Å². The monoisotopic (exact) mass is 431 g/mol. The molecule has 2 saturated heterocycles. The van der Waals surface area contributed by atoms with Crippen molar-refractivity contribution < 1.29 is 9.53 Å². The summed E-state index contributed by atoms with van der Waals surface area (Å²) in [6, 6.07) is 5.92. The second-order valence-electron chi connectivity index (χ2n) is 7.93. The van der Waals surface area contributed by atoms with Crippen LogP contribution in [0.5, 0.6) is 0 Å². The molecule has 8 heteroatoms. The van der Waals surface area contributed by atoms with E-state index in [1.807, 2.05) is 36.3 Å². The number of guanidine groups is 1. The number of aliphatic imine (C=N–C) groups is 1. The van der Waals surface area contributed by atoms with Gasteiger partial charge < -0.3 is 24.8 Å². The van der Waals surface area contributed by atoms with E-state index in [1.165, 1.54) is 10.9 Å². The normalized spacial score (nSPS) is 18.8. The molecule has 0 unspecified atom stereocenters. The summed E-state index contributed by atoms with van der Waals surface area (Å²) in [7, 11) is 1.82. The number of morpholine rings is 1. The third kappa shape index (κ3) is 4.73. The average molecular weight is 432 g/mol. The summed E-state index contributed by atoms with van der Waals surface area (Å²) in [5.74, 6) is 1.32. The quantitative estimate of drug-likeness (QED) is 0.576. The Labute approximate surface area is 182 Å². The molecule has 2 aromatic rings. The van der Waals surface area contributed by atoms with Crippen LogP contribution in [0.4, 0.5) is 0 Å². The molecule has 2 fully saturated rings. The van der Waals surface area contributed by atoms with Gasteiger partial charge >= 0.3 is 0 Å². The highest BCUT2D eigenvalue weighted by Crippen LogP contribution is 2.23. The number of H-pyrrole nitrogens is 1. The van der Waals surface area contributed by atoms with Crippen molar-refractivity contribution in [2.45, 2.75) is 19.3 Å². The van der Waals surface area contributed by atoms with Crippen LogP contribution >= 0.6 is 11.6 Å². The lowest BCUT2D eigenvalue weighted by atomic mass is 9.95. The van der Waals surface area contributed by atoms with Crippen LogP contribution in [0.1, 0.15) is 18.4 Å². The Kier molecular flexibility index (Phi) is 6.79. The van der Waals surface area contributed by atoms with Gasteiger partial charge in [-0.05, 0) is 43.0 Å². The molecule has 0 spiro atoms. The van der Waals surface area contributed by atoms with Gasteiger partial charge in [0.2, 0.25) is 5.91 Å². The molecule has 2 aliphatic rings. The van der Waals surface area contributed by atoms with Crippen molar-refractivity contribution in [1.82, 2.24) is 20.1 Å². The topological polar surface area (TPSA) is 73.0 Å². The van der Waals surface area contributed by atoms with E-state index in [-0.39, 0.29) is 5.92 Å². The predicted molar refractivity (Wildman–Crippen MR) is 120 cm³/mol. The van der Waals surface area contributed by atoms with Gasteiger partial charge in [-0.2, -0.15) is 0 Å². The summed E-state index contributed by atoms with van der Waals surface area (Å²) in [6.45, 7) is 5.25. The number of hydrogen-bond acceptors (Lipinski definition) is 3. The molecular weight excluding hydrogens is 402 g/mol. The number of aromatic nitrogens is 1. The van der Waals surface area contributed by atoms with Crippen LogP contribution in [0.15, 0.2) is 29.4 Å². The Hall–Kier alpha value is -2.25. The number of amides is 1. The van der Waals surface area contributed by atoms with E-state index < -0.39 is 0 Å². The van der Waals surface area contributed by atoms with Crippen LogP contribution in [0.3, 0.4) is 0 Å². The van der Waals surface area contributed by atoms with E-state index in [4.69, 9.17) is 16.3 Å². The molecule has 7 nitrogen and oxygen atoms in total. The fraction of sp³-hybridized carbons (Fsp3) is 0.545. The molecule has 2 aliphatic heterocycles. The first kappa shape index (κ1) is 21.0. The highest BCUT2D eigenvalue weighted by molar-refractivity contribution is 6.31. The number of fused-ring (bicyclic) bond motifs is 1. The van der Waals surface area contributed by atoms with E-state index in [0.29, 0.717) is 19.1 Å². The average Bonchev–Trinajstić information content (AvgIpc) is 3.19. The Bertz CT molecular complexity index is 898. The van der Waals surface area contributed by atoms with Gasteiger partial charge in [0.1, 0.15) is 0 Å². The minimum absolute atomic E-state index is 0.119. The van der Waals surface area contributed by atoms with Crippen LogP contribution in [-0.2, 0) is 16.0 Å². The number of rotatable bonds is 4. The summed E-state index contributed by atoms with van der Waals surface area (Å²) < 4.78 is 5.36. The molecule has 2 N–H and O–H groups in total. The van der Waals surface area contributed by atoms with E-state index in [1.54, 1.807) is 0 Å². The van der Waals surface area contributed by atoms with Gasteiger partial charge in [-0.15, -0.1) is 0 Å². The minimum Gasteiger partial charge on any atom is -0.378 e.